The number of carbonyl (C=O) groups excluding carboxylic acids is 4. The molecule has 0 saturated heterocycles. The van der Waals surface area contributed by atoms with Crippen LogP contribution in [0.3, 0.4) is 0 Å². The van der Waals surface area contributed by atoms with Gasteiger partial charge in [-0.15, -0.1) is 0 Å². The van der Waals surface area contributed by atoms with Crippen molar-refractivity contribution in [1.82, 2.24) is 9.80 Å². The Kier molecular flexibility index (Phi) is 8.24. The van der Waals surface area contributed by atoms with Gasteiger partial charge in [0.15, 0.2) is 0 Å². The summed E-state index contributed by atoms with van der Waals surface area (Å²) in [4.78, 5) is 59.3. The number of rotatable bonds is 7. The Labute approximate surface area is 282 Å². The zero-order valence-corrected chi connectivity index (χ0v) is 27.8. The van der Waals surface area contributed by atoms with Gasteiger partial charge in [0.25, 0.3) is 11.8 Å². The number of imide groups is 1. The third kappa shape index (κ3) is 5.61. The molecule has 1 fully saturated rings. The van der Waals surface area contributed by atoms with Crippen LogP contribution in [0.1, 0.15) is 73.4 Å². The lowest BCUT2D eigenvalue weighted by atomic mass is 9.62. The SMILES string of the molecule is Cc1cc(C)c(NC(=O)C2(N(Cc3ccccc3)C(=O)CN3C(=O)c4ccccc4C3=O)CCC3Cc4ccccc4CC3C2)c(C)c1. The molecule has 7 nitrogen and oxygen atoms in total. The van der Waals surface area contributed by atoms with Gasteiger partial charge in [-0.2, -0.15) is 0 Å². The van der Waals surface area contributed by atoms with E-state index in [1.807, 2.05) is 51.1 Å². The van der Waals surface area contributed by atoms with Gasteiger partial charge in [-0.05, 0) is 105 Å². The van der Waals surface area contributed by atoms with E-state index in [9.17, 15) is 14.4 Å². The number of nitrogens with one attached hydrogen (secondary N) is 1. The first-order chi connectivity index (χ1) is 23.1. The standard InChI is InChI=1S/C41H41N3O4/c1-26-19-27(2)37(28(3)20-26)42-40(48)41(18-17-32-21-30-13-7-8-14-31(30)22-33(32)23-41)44(24-29-11-5-4-6-12-29)36(45)25-43-38(46)34-15-9-10-16-35(34)39(43)47/h4-16,19-20,32-33H,17-18,21-25H2,1-3H3,(H,42,48). The van der Waals surface area contributed by atoms with Crippen molar-refractivity contribution < 1.29 is 19.2 Å². The predicted molar refractivity (Wildman–Crippen MR) is 185 cm³/mol. The van der Waals surface area contributed by atoms with Crippen molar-refractivity contribution in [2.45, 2.75) is 65.0 Å². The molecule has 4 amide bonds. The number of nitrogens with zero attached hydrogens (tertiary/aromatic N) is 2. The fourth-order valence-electron chi connectivity index (χ4n) is 8.42. The first kappa shape index (κ1) is 31.6. The van der Waals surface area contributed by atoms with E-state index in [4.69, 9.17) is 0 Å². The minimum Gasteiger partial charge on any atom is -0.324 e. The quantitative estimate of drug-likeness (QED) is 0.225. The topological polar surface area (TPSA) is 86.8 Å². The van der Waals surface area contributed by atoms with Gasteiger partial charge in [-0.25, -0.2) is 0 Å². The maximum atomic E-state index is 15.0. The van der Waals surface area contributed by atoms with Gasteiger partial charge in [0.1, 0.15) is 12.1 Å². The van der Waals surface area contributed by atoms with Crippen LogP contribution in [0.25, 0.3) is 0 Å². The summed E-state index contributed by atoms with van der Waals surface area (Å²) in [7, 11) is 0. The van der Waals surface area contributed by atoms with E-state index in [2.05, 4.69) is 41.7 Å². The van der Waals surface area contributed by atoms with Gasteiger partial charge in [-0.1, -0.05) is 84.4 Å². The van der Waals surface area contributed by atoms with E-state index in [-0.39, 0.29) is 18.4 Å². The van der Waals surface area contributed by atoms with E-state index in [1.165, 1.54) is 11.1 Å². The molecule has 1 N–H and O–H groups in total. The fraction of sp³-hybridized carbons (Fsp3) is 0.317. The Balaban J connectivity index is 1.30. The maximum absolute atomic E-state index is 15.0. The van der Waals surface area contributed by atoms with Crippen molar-refractivity contribution in [2.24, 2.45) is 11.8 Å². The van der Waals surface area contributed by atoms with Gasteiger partial charge in [-0.3, -0.25) is 24.1 Å². The third-order valence-electron chi connectivity index (χ3n) is 10.8. The molecular weight excluding hydrogens is 598 g/mol. The Morgan fingerprint density at radius 2 is 1.35 bits per heavy atom. The molecule has 48 heavy (non-hydrogen) atoms. The van der Waals surface area contributed by atoms with E-state index in [0.29, 0.717) is 29.9 Å². The van der Waals surface area contributed by atoms with E-state index >= 15 is 4.79 Å². The second-order valence-electron chi connectivity index (χ2n) is 13.9. The molecule has 0 radical (unpaired) electrons. The van der Waals surface area contributed by atoms with Crippen LogP contribution in [0, 0.1) is 32.6 Å². The molecule has 7 heteroatoms. The van der Waals surface area contributed by atoms with E-state index in [0.717, 1.165) is 52.1 Å². The molecule has 3 atom stereocenters. The van der Waals surface area contributed by atoms with Crippen molar-refractivity contribution in [2.75, 3.05) is 11.9 Å². The molecule has 3 aliphatic rings. The average Bonchev–Trinajstić information content (AvgIpc) is 3.32. The van der Waals surface area contributed by atoms with Crippen molar-refractivity contribution in [1.29, 1.82) is 0 Å². The van der Waals surface area contributed by atoms with Crippen molar-refractivity contribution in [3.8, 4) is 0 Å². The predicted octanol–water partition coefficient (Wildman–Crippen LogP) is 6.83. The Bertz CT molecular complexity index is 1880. The van der Waals surface area contributed by atoms with Crippen LogP contribution in [-0.2, 0) is 29.0 Å². The fourth-order valence-corrected chi connectivity index (χ4v) is 8.42. The Morgan fingerprint density at radius 1 is 0.792 bits per heavy atom. The highest BCUT2D eigenvalue weighted by Crippen LogP contribution is 2.47. The highest BCUT2D eigenvalue weighted by atomic mass is 16.2. The summed E-state index contributed by atoms with van der Waals surface area (Å²) in [6, 6.07) is 29.0. The summed E-state index contributed by atoms with van der Waals surface area (Å²) < 4.78 is 0. The van der Waals surface area contributed by atoms with Crippen LogP contribution in [0.4, 0.5) is 5.69 Å². The number of aryl methyl sites for hydroxylation is 3. The second-order valence-corrected chi connectivity index (χ2v) is 13.9. The van der Waals surface area contributed by atoms with Crippen LogP contribution in [0.15, 0.2) is 91.0 Å². The summed E-state index contributed by atoms with van der Waals surface area (Å²) in [5.74, 6) is -1.03. The molecule has 2 aliphatic carbocycles. The lowest BCUT2D eigenvalue weighted by molar-refractivity contribution is -0.151. The third-order valence-corrected chi connectivity index (χ3v) is 10.8. The van der Waals surface area contributed by atoms with Gasteiger partial charge in [0.2, 0.25) is 11.8 Å². The molecule has 7 rings (SSSR count). The number of carbonyl (C=O) groups is 4. The van der Waals surface area contributed by atoms with Crippen LogP contribution in [0.5, 0.6) is 0 Å². The number of fused-ring (bicyclic) bond motifs is 3. The molecule has 1 aliphatic heterocycles. The van der Waals surface area contributed by atoms with Gasteiger partial charge in [0, 0.05) is 12.2 Å². The number of benzene rings is 4. The molecule has 3 unspecified atom stereocenters. The summed E-state index contributed by atoms with van der Waals surface area (Å²) in [5.41, 5.74) is 6.72. The van der Waals surface area contributed by atoms with E-state index in [1.54, 1.807) is 29.2 Å². The molecule has 4 aromatic carbocycles. The molecule has 0 spiro atoms. The zero-order valence-electron chi connectivity index (χ0n) is 27.8. The minimum atomic E-state index is -1.21. The first-order valence-corrected chi connectivity index (χ1v) is 16.9. The summed E-state index contributed by atoms with van der Waals surface area (Å²) in [6.07, 6.45) is 3.54. The van der Waals surface area contributed by atoms with Gasteiger partial charge >= 0.3 is 0 Å². The smallest absolute Gasteiger partial charge is 0.262 e. The number of hydrogen-bond acceptors (Lipinski definition) is 4. The zero-order chi connectivity index (χ0) is 33.6. The van der Waals surface area contributed by atoms with E-state index < -0.39 is 29.8 Å². The van der Waals surface area contributed by atoms with Crippen molar-refractivity contribution >= 4 is 29.3 Å². The Hall–Kier alpha value is -5.04. The largest absolute Gasteiger partial charge is 0.324 e. The van der Waals surface area contributed by atoms with Crippen LogP contribution >= 0.6 is 0 Å². The molecular formula is C41H41N3O4. The molecule has 0 bridgehead atoms. The molecule has 1 heterocycles. The lowest BCUT2D eigenvalue weighted by Crippen LogP contribution is -2.63. The van der Waals surface area contributed by atoms with Gasteiger partial charge < -0.3 is 10.2 Å². The maximum Gasteiger partial charge on any atom is 0.262 e. The highest BCUT2D eigenvalue weighted by Gasteiger charge is 2.53. The van der Waals surface area contributed by atoms with Crippen LogP contribution in [0.2, 0.25) is 0 Å². The number of hydrogen-bond donors (Lipinski definition) is 1. The number of anilines is 1. The summed E-state index contributed by atoms with van der Waals surface area (Å²) in [5, 5.41) is 3.30. The van der Waals surface area contributed by atoms with Crippen LogP contribution in [-0.4, -0.2) is 45.5 Å². The molecule has 0 aromatic heterocycles. The molecule has 1 saturated carbocycles. The molecule has 4 aromatic rings. The highest BCUT2D eigenvalue weighted by molar-refractivity contribution is 6.22. The first-order valence-electron chi connectivity index (χ1n) is 16.9. The summed E-state index contributed by atoms with van der Waals surface area (Å²) >= 11 is 0. The Morgan fingerprint density at radius 3 is 1.98 bits per heavy atom. The summed E-state index contributed by atoms with van der Waals surface area (Å²) in [6.45, 7) is 5.76. The average molecular weight is 640 g/mol. The second kappa shape index (κ2) is 12.5. The minimum absolute atomic E-state index is 0.177. The van der Waals surface area contributed by atoms with Crippen molar-refractivity contribution in [3.63, 3.8) is 0 Å². The number of amides is 4. The lowest BCUT2D eigenvalue weighted by Gasteiger charge is -2.51. The van der Waals surface area contributed by atoms with Gasteiger partial charge in [0.05, 0.1) is 11.1 Å². The normalized spacial score (nSPS) is 21.3. The van der Waals surface area contributed by atoms with Crippen LogP contribution < -0.4 is 5.32 Å². The monoisotopic (exact) mass is 639 g/mol. The van der Waals surface area contributed by atoms with Crippen molar-refractivity contribution in [3.05, 3.63) is 136 Å². The molecule has 244 valence electrons.